The molecular weight excluding hydrogens is 162 g/mol. The molecule has 13 heavy (non-hydrogen) atoms. The molecule has 0 aromatic rings. The van der Waals surface area contributed by atoms with E-state index in [2.05, 4.69) is 26.1 Å². The van der Waals surface area contributed by atoms with Crippen molar-refractivity contribution in [2.75, 3.05) is 13.1 Å². The Balaban J connectivity index is 1.83. The quantitative estimate of drug-likeness (QED) is 0.706. The van der Waals surface area contributed by atoms with Crippen LogP contribution in [0.5, 0.6) is 0 Å². The third kappa shape index (κ3) is 2.05. The van der Waals surface area contributed by atoms with Crippen molar-refractivity contribution in [1.82, 2.24) is 5.32 Å². The molecule has 2 fully saturated rings. The van der Waals surface area contributed by atoms with Gasteiger partial charge in [-0.2, -0.15) is 0 Å². The summed E-state index contributed by atoms with van der Waals surface area (Å²) in [5, 5.41) is 3.27. The predicted molar refractivity (Wildman–Crippen MR) is 53.8 cm³/mol. The minimum Gasteiger partial charge on any atom is -0.369 e. The van der Waals surface area contributed by atoms with Crippen molar-refractivity contribution in [3.8, 4) is 0 Å². The first-order valence-corrected chi connectivity index (χ1v) is 5.38. The lowest BCUT2D eigenvalue weighted by Crippen LogP contribution is -2.60. The van der Waals surface area contributed by atoms with Crippen LogP contribution in [0.3, 0.4) is 0 Å². The number of nitrogens with one attached hydrogen (secondary N) is 1. The molecule has 2 aliphatic rings. The highest BCUT2D eigenvalue weighted by Crippen LogP contribution is 2.40. The van der Waals surface area contributed by atoms with Gasteiger partial charge < -0.3 is 10.1 Å². The van der Waals surface area contributed by atoms with E-state index in [0.29, 0.717) is 11.5 Å². The summed E-state index contributed by atoms with van der Waals surface area (Å²) in [6, 6.07) is 0. The minimum absolute atomic E-state index is 0.144. The van der Waals surface area contributed by atoms with Gasteiger partial charge >= 0.3 is 0 Å². The second-order valence-corrected chi connectivity index (χ2v) is 5.70. The Kier molecular flexibility index (Phi) is 2.16. The molecule has 0 spiro atoms. The number of ether oxygens (including phenoxy) is 1. The summed E-state index contributed by atoms with van der Waals surface area (Å²) in [6.45, 7) is 8.97. The molecule has 1 aliphatic heterocycles. The first-order valence-electron chi connectivity index (χ1n) is 5.38. The molecule has 1 saturated heterocycles. The highest BCUT2D eigenvalue weighted by atomic mass is 16.5. The summed E-state index contributed by atoms with van der Waals surface area (Å²) < 4.78 is 6.11. The van der Waals surface area contributed by atoms with Crippen LogP contribution in [0, 0.1) is 5.41 Å². The largest absolute Gasteiger partial charge is 0.369 e. The van der Waals surface area contributed by atoms with Crippen molar-refractivity contribution in [2.45, 2.75) is 51.7 Å². The fourth-order valence-corrected chi connectivity index (χ4v) is 2.44. The van der Waals surface area contributed by atoms with E-state index < -0.39 is 0 Å². The monoisotopic (exact) mass is 183 g/mol. The van der Waals surface area contributed by atoms with Crippen LogP contribution in [-0.4, -0.2) is 24.8 Å². The predicted octanol–water partition coefficient (Wildman–Crippen LogP) is 1.94. The topological polar surface area (TPSA) is 21.3 Å². The van der Waals surface area contributed by atoms with Gasteiger partial charge in [0, 0.05) is 13.1 Å². The zero-order chi connectivity index (χ0) is 9.53. The molecule has 76 valence electrons. The van der Waals surface area contributed by atoms with E-state index in [1.54, 1.807) is 0 Å². The average Bonchev–Trinajstić information content (AvgIpc) is 2.27. The highest BCUT2D eigenvalue weighted by molar-refractivity contribution is 4.93. The van der Waals surface area contributed by atoms with Crippen molar-refractivity contribution in [1.29, 1.82) is 0 Å². The Labute approximate surface area is 81.0 Å². The van der Waals surface area contributed by atoms with Crippen LogP contribution in [-0.2, 0) is 4.74 Å². The van der Waals surface area contributed by atoms with Crippen LogP contribution < -0.4 is 5.32 Å². The number of hydrogen-bond acceptors (Lipinski definition) is 2. The average molecular weight is 183 g/mol. The molecule has 0 radical (unpaired) electrons. The van der Waals surface area contributed by atoms with Gasteiger partial charge in [-0.3, -0.25) is 0 Å². The van der Waals surface area contributed by atoms with Crippen molar-refractivity contribution in [3.05, 3.63) is 0 Å². The SMILES string of the molecule is CC1(C)CCC(OC2(C)CNC2)C1. The molecule has 0 aromatic heterocycles. The summed E-state index contributed by atoms with van der Waals surface area (Å²) in [6.07, 6.45) is 4.33. The molecule has 0 bridgehead atoms. The van der Waals surface area contributed by atoms with E-state index in [0.717, 1.165) is 13.1 Å². The number of hydrogen-bond donors (Lipinski definition) is 1. The van der Waals surface area contributed by atoms with Gasteiger partial charge in [0.15, 0.2) is 0 Å². The normalized spacial score (nSPS) is 35.8. The Hall–Kier alpha value is -0.0800. The van der Waals surface area contributed by atoms with Gasteiger partial charge in [0.2, 0.25) is 0 Å². The maximum Gasteiger partial charge on any atom is 0.0905 e. The van der Waals surface area contributed by atoms with Crippen molar-refractivity contribution >= 4 is 0 Å². The molecule has 1 heterocycles. The Bertz CT molecular complexity index is 196. The van der Waals surface area contributed by atoms with Crippen LogP contribution in [0.25, 0.3) is 0 Å². The van der Waals surface area contributed by atoms with Crippen molar-refractivity contribution in [3.63, 3.8) is 0 Å². The maximum atomic E-state index is 6.11. The van der Waals surface area contributed by atoms with Gasteiger partial charge in [0.25, 0.3) is 0 Å². The first kappa shape index (κ1) is 9.47. The molecule has 1 unspecified atom stereocenters. The van der Waals surface area contributed by atoms with Gasteiger partial charge in [-0.25, -0.2) is 0 Å². The van der Waals surface area contributed by atoms with Crippen LogP contribution >= 0.6 is 0 Å². The van der Waals surface area contributed by atoms with Crippen LogP contribution in [0.15, 0.2) is 0 Å². The standard InChI is InChI=1S/C11H21NO/c1-10(2)5-4-9(6-10)13-11(3)7-12-8-11/h9,12H,4-8H2,1-3H3. The Morgan fingerprint density at radius 2 is 1.92 bits per heavy atom. The van der Waals surface area contributed by atoms with Gasteiger partial charge in [-0.05, 0) is 31.6 Å². The lowest BCUT2D eigenvalue weighted by Gasteiger charge is -2.41. The van der Waals surface area contributed by atoms with E-state index in [1.807, 2.05) is 0 Å². The third-order valence-corrected chi connectivity index (χ3v) is 3.37. The van der Waals surface area contributed by atoms with E-state index >= 15 is 0 Å². The molecule has 1 saturated carbocycles. The van der Waals surface area contributed by atoms with E-state index in [9.17, 15) is 0 Å². The second-order valence-electron chi connectivity index (χ2n) is 5.70. The van der Waals surface area contributed by atoms with Crippen LogP contribution in [0.2, 0.25) is 0 Å². The summed E-state index contributed by atoms with van der Waals surface area (Å²) in [4.78, 5) is 0. The minimum atomic E-state index is 0.144. The van der Waals surface area contributed by atoms with Gasteiger partial charge in [-0.1, -0.05) is 13.8 Å². The second kappa shape index (κ2) is 2.96. The molecule has 2 rings (SSSR count). The zero-order valence-corrected chi connectivity index (χ0v) is 9.02. The maximum absolute atomic E-state index is 6.11. The summed E-state index contributed by atoms with van der Waals surface area (Å²) in [5.41, 5.74) is 0.656. The van der Waals surface area contributed by atoms with Crippen molar-refractivity contribution < 1.29 is 4.74 Å². The number of rotatable bonds is 2. The van der Waals surface area contributed by atoms with Gasteiger partial charge in [-0.15, -0.1) is 0 Å². The molecule has 0 amide bonds. The molecule has 1 aliphatic carbocycles. The van der Waals surface area contributed by atoms with Gasteiger partial charge in [0.05, 0.1) is 11.7 Å². The van der Waals surface area contributed by atoms with E-state index in [4.69, 9.17) is 4.74 Å². The molecule has 1 N–H and O–H groups in total. The highest BCUT2D eigenvalue weighted by Gasteiger charge is 2.39. The molecule has 1 atom stereocenters. The van der Waals surface area contributed by atoms with Crippen LogP contribution in [0.4, 0.5) is 0 Å². The Morgan fingerprint density at radius 3 is 2.31 bits per heavy atom. The lowest BCUT2D eigenvalue weighted by atomic mass is 9.92. The fourth-order valence-electron chi connectivity index (χ4n) is 2.44. The molecular formula is C11H21NO. The zero-order valence-electron chi connectivity index (χ0n) is 9.02. The van der Waals surface area contributed by atoms with Crippen molar-refractivity contribution in [2.24, 2.45) is 5.41 Å². The smallest absolute Gasteiger partial charge is 0.0905 e. The fraction of sp³-hybridized carbons (Fsp3) is 1.00. The van der Waals surface area contributed by atoms with Gasteiger partial charge in [0.1, 0.15) is 0 Å². The van der Waals surface area contributed by atoms with E-state index in [1.165, 1.54) is 19.3 Å². The lowest BCUT2D eigenvalue weighted by molar-refractivity contribution is -0.110. The molecule has 2 nitrogen and oxygen atoms in total. The molecule has 2 heteroatoms. The summed E-state index contributed by atoms with van der Waals surface area (Å²) in [5.74, 6) is 0. The summed E-state index contributed by atoms with van der Waals surface area (Å²) >= 11 is 0. The summed E-state index contributed by atoms with van der Waals surface area (Å²) in [7, 11) is 0. The Morgan fingerprint density at radius 1 is 1.23 bits per heavy atom. The third-order valence-electron chi connectivity index (χ3n) is 3.37. The van der Waals surface area contributed by atoms with E-state index in [-0.39, 0.29) is 5.60 Å². The molecule has 0 aromatic carbocycles. The first-order chi connectivity index (χ1) is 5.99. The van der Waals surface area contributed by atoms with Crippen LogP contribution in [0.1, 0.15) is 40.0 Å².